The van der Waals surface area contributed by atoms with Crippen molar-refractivity contribution < 1.29 is 9.84 Å². The Morgan fingerprint density at radius 1 is 1.82 bits per heavy atom. The molecule has 0 bridgehead atoms. The molecular formula is C8H10O2S. The number of aliphatic hydroxyl groups is 1. The maximum Gasteiger partial charge on any atom is 0.179 e. The maximum atomic E-state index is 9.34. The lowest BCUT2D eigenvalue weighted by Gasteiger charge is -2.04. The first kappa shape index (κ1) is 8.30. The monoisotopic (exact) mass is 170 g/mol. The molecule has 1 N–H and O–H groups in total. The van der Waals surface area contributed by atoms with Crippen LogP contribution in [0, 0.1) is 0 Å². The summed E-state index contributed by atoms with van der Waals surface area (Å²) in [7, 11) is 1.59. The molecule has 0 radical (unpaired) electrons. The van der Waals surface area contributed by atoms with Gasteiger partial charge in [-0.3, -0.25) is 0 Å². The van der Waals surface area contributed by atoms with Crippen molar-refractivity contribution in [2.45, 2.75) is 6.10 Å². The van der Waals surface area contributed by atoms with Crippen LogP contribution in [0.25, 0.3) is 0 Å². The van der Waals surface area contributed by atoms with E-state index < -0.39 is 6.10 Å². The fourth-order valence-corrected chi connectivity index (χ4v) is 1.58. The van der Waals surface area contributed by atoms with E-state index in [0.717, 1.165) is 10.6 Å². The van der Waals surface area contributed by atoms with Crippen molar-refractivity contribution in [3.05, 3.63) is 29.7 Å². The Kier molecular flexibility index (Phi) is 2.68. The number of hydrogen-bond acceptors (Lipinski definition) is 3. The van der Waals surface area contributed by atoms with E-state index in [1.807, 2.05) is 11.4 Å². The van der Waals surface area contributed by atoms with Crippen molar-refractivity contribution in [2.75, 3.05) is 7.11 Å². The number of ether oxygens (including phenoxy) is 1. The molecule has 1 atom stereocenters. The van der Waals surface area contributed by atoms with Gasteiger partial charge >= 0.3 is 0 Å². The molecule has 0 amide bonds. The zero-order valence-electron chi connectivity index (χ0n) is 6.28. The van der Waals surface area contributed by atoms with Crippen LogP contribution in [0.1, 0.15) is 11.7 Å². The van der Waals surface area contributed by atoms with E-state index in [1.54, 1.807) is 7.11 Å². The third kappa shape index (κ3) is 1.61. The molecule has 2 nitrogen and oxygen atoms in total. The molecular weight excluding hydrogens is 160 g/mol. The predicted octanol–water partition coefficient (Wildman–Crippen LogP) is 1.98. The Balaban J connectivity index is 2.91. The number of methoxy groups -OCH3 is 1. The Bertz CT molecular complexity index is 242. The van der Waals surface area contributed by atoms with Gasteiger partial charge in [0.15, 0.2) is 5.06 Å². The Labute approximate surface area is 69.7 Å². The summed E-state index contributed by atoms with van der Waals surface area (Å²) >= 11 is 1.46. The van der Waals surface area contributed by atoms with Gasteiger partial charge in [-0.2, -0.15) is 0 Å². The van der Waals surface area contributed by atoms with Crippen LogP contribution in [0.3, 0.4) is 0 Å². The van der Waals surface area contributed by atoms with Crippen LogP contribution in [-0.2, 0) is 0 Å². The van der Waals surface area contributed by atoms with Crippen LogP contribution in [0.2, 0.25) is 0 Å². The Morgan fingerprint density at radius 3 is 3.09 bits per heavy atom. The molecule has 0 spiro atoms. The van der Waals surface area contributed by atoms with Crippen LogP contribution >= 0.6 is 11.3 Å². The van der Waals surface area contributed by atoms with E-state index in [9.17, 15) is 5.11 Å². The summed E-state index contributed by atoms with van der Waals surface area (Å²) < 4.78 is 5.02. The van der Waals surface area contributed by atoms with Crippen LogP contribution in [-0.4, -0.2) is 12.2 Å². The molecule has 0 saturated heterocycles. The highest BCUT2D eigenvalue weighted by Gasteiger charge is 2.09. The normalized spacial score (nSPS) is 12.5. The van der Waals surface area contributed by atoms with Gasteiger partial charge < -0.3 is 9.84 Å². The highest BCUT2D eigenvalue weighted by atomic mass is 32.1. The topological polar surface area (TPSA) is 29.5 Å². The zero-order chi connectivity index (χ0) is 8.27. The molecule has 1 heterocycles. The van der Waals surface area contributed by atoms with Crippen LogP contribution in [0.4, 0.5) is 0 Å². The molecule has 1 unspecified atom stereocenters. The lowest BCUT2D eigenvalue weighted by Crippen LogP contribution is -1.92. The summed E-state index contributed by atoms with van der Waals surface area (Å²) in [6.45, 7) is 3.49. The first-order valence-electron chi connectivity index (χ1n) is 3.21. The lowest BCUT2D eigenvalue weighted by atomic mass is 10.2. The zero-order valence-corrected chi connectivity index (χ0v) is 7.10. The smallest absolute Gasteiger partial charge is 0.179 e. The lowest BCUT2D eigenvalue weighted by molar-refractivity contribution is 0.224. The summed E-state index contributed by atoms with van der Waals surface area (Å²) in [5.41, 5.74) is 0.785. The van der Waals surface area contributed by atoms with Crippen molar-refractivity contribution in [1.82, 2.24) is 0 Å². The maximum absolute atomic E-state index is 9.34. The van der Waals surface area contributed by atoms with E-state index in [0.29, 0.717) is 0 Å². The molecule has 11 heavy (non-hydrogen) atoms. The van der Waals surface area contributed by atoms with E-state index in [1.165, 1.54) is 17.4 Å². The van der Waals surface area contributed by atoms with Gasteiger partial charge in [-0.1, -0.05) is 6.08 Å². The molecule has 1 rings (SSSR count). The summed E-state index contributed by atoms with van der Waals surface area (Å²) in [5, 5.41) is 12.0. The van der Waals surface area contributed by atoms with E-state index in [4.69, 9.17) is 4.74 Å². The summed E-state index contributed by atoms with van der Waals surface area (Å²) in [6.07, 6.45) is 0.862. The molecule has 0 aliphatic carbocycles. The third-order valence-electron chi connectivity index (χ3n) is 1.39. The van der Waals surface area contributed by atoms with E-state index >= 15 is 0 Å². The SMILES string of the molecule is C=CC(O)c1ccsc1OC. The van der Waals surface area contributed by atoms with Crippen molar-refractivity contribution in [3.63, 3.8) is 0 Å². The largest absolute Gasteiger partial charge is 0.487 e. The van der Waals surface area contributed by atoms with Crippen molar-refractivity contribution >= 4 is 11.3 Å². The average Bonchev–Trinajstić information content (AvgIpc) is 2.50. The first-order chi connectivity index (χ1) is 5.29. The van der Waals surface area contributed by atoms with E-state index in [2.05, 4.69) is 6.58 Å². The van der Waals surface area contributed by atoms with Crippen molar-refractivity contribution in [2.24, 2.45) is 0 Å². The third-order valence-corrected chi connectivity index (χ3v) is 2.27. The predicted molar refractivity (Wildman–Crippen MR) is 46.0 cm³/mol. The molecule has 1 aromatic heterocycles. The Hall–Kier alpha value is -0.800. The van der Waals surface area contributed by atoms with Crippen LogP contribution in [0.5, 0.6) is 5.06 Å². The number of aliphatic hydroxyl groups excluding tert-OH is 1. The molecule has 60 valence electrons. The van der Waals surface area contributed by atoms with Gasteiger partial charge in [-0.25, -0.2) is 0 Å². The molecule has 0 fully saturated rings. The second-order valence-corrected chi connectivity index (χ2v) is 2.93. The van der Waals surface area contributed by atoms with Gasteiger partial charge in [-0.15, -0.1) is 17.9 Å². The quantitative estimate of drug-likeness (QED) is 0.703. The fraction of sp³-hybridized carbons (Fsp3) is 0.250. The van der Waals surface area contributed by atoms with Crippen LogP contribution < -0.4 is 4.74 Å². The molecule has 3 heteroatoms. The van der Waals surface area contributed by atoms with Gasteiger partial charge in [0.1, 0.15) is 6.10 Å². The highest BCUT2D eigenvalue weighted by molar-refractivity contribution is 7.12. The number of hydrogen-bond donors (Lipinski definition) is 1. The van der Waals surface area contributed by atoms with E-state index in [-0.39, 0.29) is 0 Å². The number of thiophene rings is 1. The van der Waals surface area contributed by atoms with Crippen LogP contribution in [0.15, 0.2) is 24.1 Å². The second kappa shape index (κ2) is 3.55. The first-order valence-corrected chi connectivity index (χ1v) is 4.09. The van der Waals surface area contributed by atoms with Crippen molar-refractivity contribution in [3.8, 4) is 5.06 Å². The Morgan fingerprint density at radius 2 is 2.55 bits per heavy atom. The molecule has 0 aromatic carbocycles. The molecule has 0 saturated carbocycles. The summed E-state index contributed by atoms with van der Waals surface area (Å²) in [4.78, 5) is 0. The fourth-order valence-electron chi connectivity index (χ4n) is 0.817. The molecule has 0 aliphatic heterocycles. The minimum atomic E-state index is -0.615. The summed E-state index contributed by atoms with van der Waals surface area (Å²) in [5.74, 6) is 0. The second-order valence-electron chi connectivity index (χ2n) is 2.05. The standard InChI is InChI=1S/C8H10O2S/c1-3-7(9)6-4-5-11-8(6)10-2/h3-5,7,9H,1H2,2H3. The van der Waals surface area contributed by atoms with Gasteiger partial charge in [0, 0.05) is 5.56 Å². The van der Waals surface area contributed by atoms with Gasteiger partial charge in [0.2, 0.25) is 0 Å². The van der Waals surface area contributed by atoms with Crippen molar-refractivity contribution in [1.29, 1.82) is 0 Å². The number of rotatable bonds is 3. The summed E-state index contributed by atoms with van der Waals surface area (Å²) in [6, 6.07) is 1.83. The average molecular weight is 170 g/mol. The molecule has 0 aliphatic rings. The van der Waals surface area contributed by atoms with Gasteiger partial charge in [-0.05, 0) is 11.4 Å². The van der Waals surface area contributed by atoms with Gasteiger partial charge in [0.05, 0.1) is 7.11 Å². The molecule has 1 aromatic rings. The minimum absolute atomic E-state index is 0.615. The minimum Gasteiger partial charge on any atom is -0.487 e. The van der Waals surface area contributed by atoms with Gasteiger partial charge in [0.25, 0.3) is 0 Å². The highest BCUT2D eigenvalue weighted by Crippen LogP contribution is 2.31.